The lowest BCUT2D eigenvalue weighted by Gasteiger charge is -2.20. The zero-order chi connectivity index (χ0) is 18.7. The number of hydrogen-bond acceptors (Lipinski definition) is 4. The highest BCUT2D eigenvalue weighted by Crippen LogP contribution is 2.20. The Balaban J connectivity index is 2.19. The average molecular weight is 422 g/mol. The van der Waals surface area contributed by atoms with E-state index in [1.807, 2.05) is 0 Å². The first-order valence-corrected chi connectivity index (χ1v) is 11.3. The van der Waals surface area contributed by atoms with Crippen LogP contribution in [0.5, 0.6) is 0 Å². The Hall–Kier alpha value is -1.12. The highest BCUT2D eigenvalue weighted by Gasteiger charge is 2.25. The van der Waals surface area contributed by atoms with Crippen LogP contribution in [0.15, 0.2) is 58.3 Å². The number of rotatable bonds is 7. The highest BCUT2D eigenvalue weighted by molar-refractivity contribution is 7.91. The van der Waals surface area contributed by atoms with Gasteiger partial charge in [-0.2, -0.15) is 4.31 Å². The molecule has 9 heteroatoms. The minimum Gasteiger partial charge on any atom is -0.224 e. The molecule has 0 aliphatic heterocycles. The maximum absolute atomic E-state index is 12.6. The molecule has 0 aromatic heterocycles. The summed E-state index contributed by atoms with van der Waals surface area (Å²) in [5.74, 6) is -0.324. The van der Waals surface area contributed by atoms with Crippen LogP contribution in [0.2, 0.25) is 10.0 Å². The largest absolute Gasteiger partial charge is 0.243 e. The maximum Gasteiger partial charge on any atom is 0.243 e. The van der Waals surface area contributed by atoms with Crippen LogP contribution in [0.25, 0.3) is 0 Å². The zero-order valence-corrected chi connectivity index (χ0v) is 16.5. The van der Waals surface area contributed by atoms with Crippen molar-refractivity contribution in [2.75, 3.05) is 18.8 Å². The van der Waals surface area contributed by atoms with Crippen LogP contribution in [-0.2, 0) is 19.9 Å². The molecule has 0 saturated carbocycles. The van der Waals surface area contributed by atoms with Crippen molar-refractivity contribution in [1.82, 2.24) is 4.31 Å². The van der Waals surface area contributed by atoms with Gasteiger partial charge in [0, 0.05) is 23.1 Å². The quantitative estimate of drug-likeness (QED) is 0.685. The van der Waals surface area contributed by atoms with E-state index in [-0.39, 0.29) is 28.6 Å². The predicted molar refractivity (Wildman–Crippen MR) is 99.4 cm³/mol. The molecule has 5 nitrogen and oxygen atoms in total. The van der Waals surface area contributed by atoms with Gasteiger partial charge in [0.25, 0.3) is 0 Å². The van der Waals surface area contributed by atoms with Gasteiger partial charge in [0.15, 0.2) is 9.84 Å². The molecule has 0 spiro atoms. The fourth-order valence-corrected chi connectivity index (χ4v) is 5.25. The van der Waals surface area contributed by atoms with E-state index in [2.05, 4.69) is 0 Å². The molecule has 0 aliphatic rings. The van der Waals surface area contributed by atoms with Crippen LogP contribution >= 0.6 is 23.2 Å². The lowest BCUT2D eigenvalue weighted by atomic mass is 10.4. The summed E-state index contributed by atoms with van der Waals surface area (Å²) in [6, 6.07) is 11.5. The van der Waals surface area contributed by atoms with Crippen LogP contribution in [0, 0.1) is 0 Å². The second-order valence-electron chi connectivity index (χ2n) is 5.22. The molecule has 136 valence electrons. The summed E-state index contributed by atoms with van der Waals surface area (Å²) in [5.41, 5.74) is 0. The molecule has 2 aromatic rings. The van der Waals surface area contributed by atoms with Gasteiger partial charge in [-0.1, -0.05) is 30.1 Å². The van der Waals surface area contributed by atoms with Crippen molar-refractivity contribution in [3.05, 3.63) is 58.6 Å². The number of sulfone groups is 1. The van der Waals surface area contributed by atoms with Gasteiger partial charge < -0.3 is 0 Å². The number of benzene rings is 2. The molecule has 0 amide bonds. The number of sulfonamides is 1. The minimum absolute atomic E-state index is 0.0719. The van der Waals surface area contributed by atoms with Crippen LogP contribution in [0.4, 0.5) is 0 Å². The van der Waals surface area contributed by atoms with Gasteiger partial charge in [-0.25, -0.2) is 16.8 Å². The molecule has 0 heterocycles. The normalized spacial score (nSPS) is 12.5. The first kappa shape index (κ1) is 20.2. The summed E-state index contributed by atoms with van der Waals surface area (Å²) in [6.45, 7) is 1.66. The van der Waals surface area contributed by atoms with Gasteiger partial charge >= 0.3 is 0 Å². The third kappa shape index (κ3) is 4.95. The Bertz CT molecular complexity index is 925. The minimum atomic E-state index is -3.79. The van der Waals surface area contributed by atoms with Crippen molar-refractivity contribution < 1.29 is 16.8 Å². The molecule has 25 heavy (non-hydrogen) atoms. The smallest absolute Gasteiger partial charge is 0.224 e. The zero-order valence-electron chi connectivity index (χ0n) is 13.4. The second kappa shape index (κ2) is 8.05. The molecule has 0 atom stereocenters. The second-order valence-corrected chi connectivity index (χ2v) is 10.1. The van der Waals surface area contributed by atoms with Crippen molar-refractivity contribution in [1.29, 1.82) is 0 Å². The summed E-state index contributed by atoms with van der Waals surface area (Å²) >= 11 is 11.5. The maximum atomic E-state index is 12.6. The van der Waals surface area contributed by atoms with E-state index in [0.29, 0.717) is 10.0 Å². The molecule has 2 rings (SSSR count). The van der Waals surface area contributed by atoms with Crippen LogP contribution in [-0.4, -0.2) is 40.0 Å². The van der Waals surface area contributed by atoms with Crippen molar-refractivity contribution in [2.24, 2.45) is 0 Å². The van der Waals surface area contributed by atoms with E-state index >= 15 is 0 Å². The van der Waals surface area contributed by atoms with Crippen LogP contribution in [0.1, 0.15) is 6.92 Å². The van der Waals surface area contributed by atoms with Gasteiger partial charge in [-0.05, 0) is 48.5 Å². The SMILES string of the molecule is CCN(CCS(=O)(=O)c1ccc(Cl)cc1)S(=O)(=O)c1ccc(Cl)cc1. The van der Waals surface area contributed by atoms with E-state index in [4.69, 9.17) is 23.2 Å². The van der Waals surface area contributed by atoms with Gasteiger partial charge in [-0.3, -0.25) is 0 Å². The van der Waals surface area contributed by atoms with Gasteiger partial charge in [0.1, 0.15) is 0 Å². The first-order valence-electron chi connectivity index (χ1n) is 7.41. The van der Waals surface area contributed by atoms with Crippen LogP contribution in [0.3, 0.4) is 0 Å². The van der Waals surface area contributed by atoms with E-state index in [1.165, 1.54) is 48.5 Å². The Kier molecular flexibility index (Phi) is 6.51. The predicted octanol–water partition coefficient (Wildman–Crippen LogP) is 3.48. The Morgan fingerprint density at radius 1 is 0.800 bits per heavy atom. The topological polar surface area (TPSA) is 71.5 Å². The van der Waals surface area contributed by atoms with Crippen molar-refractivity contribution in [3.8, 4) is 0 Å². The van der Waals surface area contributed by atoms with Crippen LogP contribution < -0.4 is 0 Å². The first-order chi connectivity index (χ1) is 11.7. The molecule has 0 unspecified atom stereocenters. The highest BCUT2D eigenvalue weighted by atomic mass is 35.5. The lowest BCUT2D eigenvalue weighted by molar-refractivity contribution is 0.444. The molecule has 0 fully saturated rings. The van der Waals surface area contributed by atoms with Gasteiger partial charge in [-0.15, -0.1) is 0 Å². The van der Waals surface area contributed by atoms with Crippen molar-refractivity contribution >= 4 is 43.1 Å². The molecule has 0 N–H and O–H groups in total. The molecule has 0 saturated heterocycles. The third-order valence-electron chi connectivity index (χ3n) is 3.59. The van der Waals surface area contributed by atoms with Crippen molar-refractivity contribution in [3.63, 3.8) is 0 Å². The van der Waals surface area contributed by atoms with E-state index in [0.717, 1.165) is 4.31 Å². The average Bonchev–Trinajstić information content (AvgIpc) is 2.56. The fraction of sp³-hybridized carbons (Fsp3) is 0.250. The molecular formula is C16H17Cl2NO4S2. The summed E-state index contributed by atoms with van der Waals surface area (Å²) in [4.78, 5) is 0.180. The summed E-state index contributed by atoms with van der Waals surface area (Å²) in [5, 5.41) is 0.853. The molecule has 0 bridgehead atoms. The Morgan fingerprint density at radius 2 is 1.24 bits per heavy atom. The Labute approximate surface area is 158 Å². The third-order valence-corrected chi connectivity index (χ3v) is 7.79. The van der Waals surface area contributed by atoms with E-state index in [9.17, 15) is 16.8 Å². The standard InChI is InChI=1S/C16H17Cl2NO4S2/c1-2-19(25(22,23)16-9-5-14(18)6-10-16)11-12-24(20,21)15-7-3-13(17)4-8-15/h3-10H,2,11-12H2,1H3. The molecule has 0 radical (unpaired) electrons. The summed E-state index contributed by atoms with van der Waals surface area (Å²) in [6.07, 6.45) is 0. The monoisotopic (exact) mass is 421 g/mol. The molecular weight excluding hydrogens is 405 g/mol. The van der Waals surface area contributed by atoms with E-state index < -0.39 is 19.9 Å². The molecule has 2 aromatic carbocycles. The number of halogens is 2. The fourth-order valence-electron chi connectivity index (χ4n) is 2.19. The van der Waals surface area contributed by atoms with E-state index in [1.54, 1.807) is 6.92 Å². The van der Waals surface area contributed by atoms with Crippen molar-refractivity contribution in [2.45, 2.75) is 16.7 Å². The summed E-state index contributed by atoms with van der Waals surface area (Å²) in [7, 11) is -7.41. The number of hydrogen-bond donors (Lipinski definition) is 0. The summed E-state index contributed by atoms with van der Waals surface area (Å²) < 4.78 is 51.2. The number of nitrogens with zero attached hydrogens (tertiary/aromatic N) is 1. The van der Waals surface area contributed by atoms with Gasteiger partial charge in [0.2, 0.25) is 10.0 Å². The molecule has 0 aliphatic carbocycles. The lowest BCUT2D eigenvalue weighted by Crippen LogP contribution is -2.35. The Morgan fingerprint density at radius 3 is 1.68 bits per heavy atom. The van der Waals surface area contributed by atoms with Gasteiger partial charge in [0.05, 0.1) is 15.5 Å².